The molecule has 1 aliphatic carbocycles. The number of ether oxygens (including phenoxy) is 1. The van der Waals surface area contributed by atoms with Gasteiger partial charge in [0.15, 0.2) is 5.82 Å². The molecule has 1 saturated carbocycles. The van der Waals surface area contributed by atoms with Gasteiger partial charge in [0.2, 0.25) is 6.10 Å². The number of nitrogens with zero attached hydrogens (tertiary/aromatic N) is 2. The molecule has 5 nitrogen and oxygen atoms in total. The zero-order valence-corrected chi connectivity index (χ0v) is 14.6. The molecule has 1 unspecified atom stereocenters. The molecule has 0 spiro atoms. The molecule has 2 aromatic carbocycles. The van der Waals surface area contributed by atoms with E-state index in [2.05, 4.69) is 10.1 Å². The Bertz CT molecular complexity index is 912. The molecule has 1 aromatic heterocycles. The summed E-state index contributed by atoms with van der Waals surface area (Å²) in [6, 6.07) is 13.6. The minimum Gasteiger partial charge on any atom is -0.476 e. The van der Waals surface area contributed by atoms with Crippen molar-refractivity contribution in [2.45, 2.75) is 30.9 Å². The van der Waals surface area contributed by atoms with Gasteiger partial charge in [0.25, 0.3) is 5.89 Å². The van der Waals surface area contributed by atoms with Crippen molar-refractivity contribution in [1.29, 1.82) is 0 Å². The maximum Gasteiger partial charge on any atom is 0.272 e. The zero-order chi connectivity index (χ0) is 18.1. The summed E-state index contributed by atoms with van der Waals surface area (Å²) in [5.74, 6) is 0.672. The molecule has 0 aliphatic heterocycles. The summed E-state index contributed by atoms with van der Waals surface area (Å²) in [6.45, 7) is 0. The van der Waals surface area contributed by atoms with Crippen LogP contribution in [-0.4, -0.2) is 10.1 Å². The van der Waals surface area contributed by atoms with E-state index in [4.69, 9.17) is 26.6 Å². The molecule has 26 heavy (non-hydrogen) atoms. The monoisotopic (exact) mass is 373 g/mol. The van der Waals surface area contributed by atoms with Crippen molar-refractivity contribution in [3.63, 3.8) is 0 Å². The van der Waals surface area contributed by atoms with Crippen molar-refractivity contribution >= 4 is 11.6 Å². The highest BCUT2D eigenvalue weighted by molar-refractivity contribution is 6.30. The third-order valence-corrected chi connectivity index (χ3v) is 4.89. The molecule has 0 radical (unpaired) electrons. The van der Waals surface area contributed by atoms with E-state index in [1.165, 1.54) is 18.2 Å². The molecule has 1 aliphatic rings. The molecular weight excluding hydrogens is 357 g/mol. The maximum absolute atomic E-state index is 13.4. The second-order valence-electron chi connectivity index (χ2n) is 6.45. The molecule has 0 bridgehead atoms. The lowest BCUT2D eigenvalue weighted by molar-refractivity contribution is 0.191. The predicted octanol–water partition coefficient (Wildman–Crippen LogP) is 4.37. The first kappa shape index (κ1) is 17.0. The summed E-state index contributed by atoms with van der Waals surface area (Å²) in [5.41, 5.74) is 6.58. The molecule has 134 valence electrons. The van der Waals surface area contributed by atoms with E-state index in [0.717, 1.165) is 24.8 Å². The van der Waals surface area contributed by atoms with Crippen LogP contribution < -0.4 is 10.5 Å². The molecule has 1 fully saturated rings. The van der Waals surface area contributed by atoms with Crippen LogP contribution in [0.1, 0.15) is 42.6 Å². The number of benzene rings is 2. The summed E-state index contributed by atoms with van der Waals surface area (Å²) in [7, 11) is 0. The fourth-order valence-corrected chi connectivity index (χ4v) is 3.07. The molecule has 4 rings (SSSR count). The topological polar surface area (TPSA) is 74.2 Å². The predicted molar refractivity (Wildman–Crippen MR) is 94.3 cm³/mol. The molecule has 3 aromatic rings. The average Bonchev–Trinajstić information content (AvgIpc) is 3.11. The number of hydrogen-bond donors (Lipinski definition) is 1. The van der Waals surface area contributed by atoms with Gasteiger partial charge in [-0.3, -0.25) is 0 Å². The smallest absolute Gasteiger partial charge is 0.272 e. The number of nitrogens with two attached hydrogens (primary N) is 1. The highest BCUT2D eigenvalue weighted by Crippen LogP contribution is 2.38. The van der Waals surface area contributed by atoms with Crippen molar-refractivity contribution in [2.24, 2.45) is 5.73 Å². The Morgan fingerprint density at radius 2 is 1.96 bits per heavy atom. The molecule has 0 saturated heterocycles. The van der Waals surface area contributed by atoms with Crippen LogP contribution in [0.3, 0.4) is 0 Å². The van der Waals surface area contributed by atoms with Crippen LogP contribution in [0.15, 0.2) is 53.1 Å². The van der Waals surface area contributed by atoms with E-state index < -0.39 is 17.5 Å². The second kappa shape index (κ2) is 6.70. The second-order valence-corrected chi connectivity index (χ2v) is 6.86. The van der Waals surface area contributed by atoms with Crippen LogP contribution in [0.4, 0.5) is 4.39 Å². The Balaban J connectivity index is 1.68. The summed E-state index contributed by atoms with van der Waals surface area (Å²) >= 11 is 5.86. The van der Waals surface area contributed by atoms with Crippen LogP contribution in [0.2, 0.25) is 5.02 Å². The Morgan fingerprint density at radius 1 is 1.19 bits per heavy atom. The van der Waals surface area contributed by atoms with Gasteiger partial charge in [0.1, 0.15) is 11.6 Å². The lowest BCUT2D eigenvalue weighted by Gasteiger charge is -2.34. The fraction of sp³-hybridized carbons (Fsp3) is 0.263. The maximum atomic E-state index is 13.4. The van der Waals surface area contributed by atoms with Gasteiger partial charge in [0.05, 0.1) is 10.6 Å². The summed E-state index contributed by atoms with van der Waals surface area (Å²) in [5, 5.41) is 4.03. The highest BCUT2D eigenvalue weighted by Gasteiger charge is 2.40. The number of hydrogen-bond acceptors (Lipinski definition) is 5. The van der Waals surface area contributed by atoms with E-state index in [9.17, 15) is 4.39 Å². The zero-order valence-electron chi connectivity index (χ0n) is 13.9. The molecule has 7 heteroatoms. The molecule has 1 atom stereocenters. The summed E-state index contributed by atoms with van der Waals surface area (Å²) in [4.78, 5) is 4.48. The molecular formula is C19H17ClFN3O2. The van der Waals surface area contributed by atoms with Gasteiger partial charge in [-0.2, -0.15) is 4.98 Å². The highest BCUT2D eigenvalue weighted by atomic mass is 35.5. The minimum atomic E-state index is -0.650. The van der Waals surface area contributed by atoms with Crippen LogP contribution in [0, 0.1) is 5.82 Å². The lowest BCUT2D eigenvalue weighted by atomic mass is 9.77. The van der Waals surface area contributed by atoms with E-state index >= 15 is 0 Å². The Hall–Kier alpha value is -2.44. The third kappa shape index (κ3) is 3.18. The molecule has 1 heterocycles. The van der Waals surface area contributed by atoms with Crippen molar-refractivity contribution in [2.75, 3.05) is 0 Å². The standard InChI is InChI=1S/C19H17ClFN3O2/c20-14-11-13(7-8-15(14)21)25-16(12-5-2-1-3-6-12)17-23-18(24-26-17)19(22)9-4-10-19/h1-3,5-8,11,16H,4,9-10,22H2. The first-order chi connectivity index (χ1) is 12.5. The van der Waals surface area contributed by atoms with E-state index in [0.29, 0.717) is 17.5 Å². The third-order valence-electron chi connectivity index (χ3n) is 4.60. The van der Waals surface area contributed by atoms with E-state index in [1.54, 1.807) is 0 Å². The van der Waals surface area contributed by atoms with Crippen LogP contribution in [0.25, 0.3) is 0 Å². The van der Waals surface area contributed by atoms with Crippen molar-refractivity contribution < 1.29 is 13.7 Å². The van der Waals surface area contributed by atoms with Gasteiger partial charge in [-0.05, 0) is 31.4 Å². The molecule has 2 N–H and O–H groups in total. The number of aromatic nitrogens is 2. The van der Waals surface area contributed by atoms with Crippen molar-refractivity contribution in [3.05, 3.63) is 76.6 Å². The Morgan fingerprint density at radius 3 is 2.62 bits per heavy atom. The van der Waals surface area contributed by atoms with Crippen molar-refractivity contribution in [3.8, 4) is 5.75 Å². The molecule has 0 amide bonds. The summed E-state index contributed by atoms with van der Waals surface area (Å²) < 4.78 is 24.9. The fourth-order valence-electron chi connectivity index (χ4n) is 2.90. The van der Waals surface area contributed by atoms with E-state index in [-0.39, 0.29) is 5.02 Å². The Labute approximate surface area is 154 Å². The van der Waals surface area contributed by atoms with Crippen LogP contribution >= 0.6 is 11.6 Å². The van der Waals surface area contributed by atoms with Gasteiger partial charge < -0.3 is 15.0 Å². The van der Waals surface area contributed by atoms with Gasteiger partial charge in [-0.15, -0.1) is 0 Å². The van der Waals surface area contributed by atoms with Gasteiger partial charge in [-0.1, -0.05) is 47.1 Å². The summed E-state index contributed by atoms with van der Waals surface area (Å²) in [6.07, 6.45) is 2.06. The van der Waals surface area contributed by atoms with Crippen molar-refractivity contribution in [1.82, 2.24) is 10.1 Å². The lowest BCUT2D eigenvalue weighted by Crippen LogP contribution is -2.44. The first-order valence-corrected chi connectivity index (χ1v) is 8.73. The minimum absolute atomic E-state index is 0.0177. The first-order valence-electron chi connectivity index (χ1n) is 8.35. The van der Waals surface area contributed by atoms with Gasteiger partial charge in [0, 0.05) is 11.6 Å². The number of halogens is 2. The Kier molecular flexibility index (Phi) is 4.38. The van der Waals surface area contributed by atoms with E-state index in [1.807, 2.05) is 30.3 Å². The van der Waals surface area contributed by atoms with Crippen LogP contribution in [-0.2, 0) is 5.54 Å². The SMILES string of the molecule is NC1(c2noc(C(Oc3ccc(F)c(Cl)c3)c3ccccc3)n2)CCC1. The number of rotatable bonds is 5. The van der Waals surface area contributed by atoms with Crippen LogP contribution in [0.5, 0.6) is 5.75 Å². The average molecular weight is 374 g/mol. The van der Waals surface area contributed by atoms with Gasteiger partial charge >= 0.3 is 0 Å². The quantitative estimate of drug-likeness (QED) is 0.718. The normalized spacial score (nSPS) is 16.7. The van der Waals surface area contributed by atoms with Gasteiger partial charge in [-0.25, -0.2) is 4.39 Å². The largest absolute Gasteiger partial charge is 0.476 e.